The lowest BCUT2D eigenvalue weighted by Crippen LogP contribution is -2.23. The van der Waals surface area contributed by atoms with E-state index in [1.807, 2.05) is 43.3 Å². The third kappa shape index (κ3) is 4.69. The summed E-state index contributed by atoms with van der Waals surface area (Å²) < 4.78 is 12.3. The second kappa shape index (κ2) is 9.63. The summed E-state index contributed by atoms with van der Waals surface area (Å²) in [6.07, 6.45) is 2.89. The summed E-state index contributed by atoms with van der Waals surface area (Å²) in [5, 5.41) is 17.0. The third-order valence-corrected chi connectivity index (χ3v) is 5.51. The van der Waals surface area contributed by atoms with Crippen LogP contribution >= 0.6 is 0 Å². The number of nitrogens with zero attached hydrogens (tertiary/aromatic N) is 3. The van der Waals surface area contributed by atoms with Crippen LogP contribution in [-0.2, 0) is 20.7 Å². The number of aryl methyl sites for hydroxylation is 1. The Morgan fingerprint density at radius 2 is 2.00 bits per heavy atom. The first-order valence-electron chi connectivity index (χ1n) is 10.9. The van der Waals surface area contributed by atoms with Crippen LogP contribution in [0.15, 0.2) is 59.3 Å². The molecular weight excluding hydrogens is 432 g/mol. The van der Waals surface area contributed by atoms with Gasteiger partial charge in [0, 0.05) is 10.9 Å². The number of esters is 1. The molecule has 0 aliphatic rings. The number of aromatic nitrogens is 2. The largest absolute Gasteiger partial charge is 0.464 e. The van der Waals surface area contributed by atoms with Crippen molar-refractivity contribution in [2.45, 2.75) is 33.1 Å². The highest BCUT2D eigenvalue weighted by atomic mass is 16.5. The van der Waals surface area contributed by atoms with Gasteiger partial charge in [0.15, 0.2) is 12.4 Å². The molecule has 0 radical (unpaired) electrons. The Morgan fingerprint density at radius 1 is 1.24 bits per heavy atom. The minimum Gasteiger partial charge on any atom is -0.464 e. The molecule has 1 amide bonds. The molecule has 2 aromatic carbocycles. The molecule has 0 fully saturated rings. The maximum atomic E-state index is 12.5. The van der Waals surface area contributed by atoms with E-state index in [-0.39, 0.29) is 17.8 Å². The van der Waals surface area contributed by atoms with Crippen molar-refractivity contribution in [1.29, 1.82) is 5.26 Å². The van der Waals surface area contributed by atoms with Crippen LogP contribution in [0, 0.1) is 18.3 Å². The highest BCUT2D eigenvalue weighted by Crippen LogP contribution is 2.29. The number of hydrogen-bond donors (Lipinski definition) is 1. The second-order valence-electron chi connectivity index (χ2n) is 8.27. The molecule has 0 unspecified atom stereocenters. The van der Waals surface area contributed by atoms with Crippen LogP contribution in [0.5, 0.6) is 0 Å². The van der Waals surface area contributed by atoms with Crippen molar-refractivity contribution in [3.05, 3.63) is 77.2 Å². The lowest BCUT2D eigenvalue weighted by molar-refractivity contribution is -0.146. The van der Waals surface area contributed by atoms with Crippen LogP contribution in [0.25, 0.3) is 16.7 Å². The zero-order valence-corrected chi connectivity index (χ0v) is 19.2. The van der Waals surface area contributed by atoms with E-state index in [9.17, 15) is 14.9 Å². The fraction of sp³-hybridized carbons (Fsp3) is 0.231. The van der Waals surface area contributed by atoms with Gasteiger partial charge in [0.25, 0.3) is 5.91 Å². The molecule has 1 N–H and O–H groups in total. The van der Waals surface area contributed by atoms with Gasteiger partial charge in [-0.1, -0.05) is 32.0 Å². The van der Waals surface area contributed by atoms with Crippen molar-refractivity contribution in [2.24, 2.45) is 0 Å². The van der Waals surface area contributed by atoms with Crippen LogP contribution in [0.4, 0.5) is 5.82 Å². The molecule has 0 spiro atoms. The maximum Gasteiger partial charge on any atom is 0.310 e. The Kier molecular flexibility index (Phi) is 6.46. The van der Waals surface area contributed by atoms with E-state index in [2.05, 4.69) is 24.3 Å². The molecule has 4 aromatic rings. The molecule has 8 nitrogen and oxygen atoms in total. The van der Waals surface area contributed by atoms with Gasteiger partial charge in [0.05, 0.1) is 24.6 Å². The first-order chi connectivity index (χ1) is 16.4. The minimum atomic E-state index is -0.572. The van der Waals surface area contributed by atoms with Crippen LogP contribution in [-0.4, -0.2) is 28.3 Å². The summed E-state index contributed by atoms with van der Waals surface area (Å²) in [5.41, 5.74) is 4.61. The zero-order chi connectivity index (χ0) is 24.2. The SMILES string of the molecule is Cc1cc2occ(CC(=O)OCC(=O)Nc3c(C#N)cnn3-c3ccccc3)c2cc1C(C)C. The number of ether oxygens (including phenoxy) is 1. The number of para-hydroxylation sites is 1. The average Bonchev–Trinajstić information content (AvgIpc) is 3.40. The van der Waals surface area contributed by atoms with Crippen molar-refractivity contribution in [3.8, 4) is 11.8 Å². The Morgan fingerprint density at radius 3 is 2.71 bits per heavy atom. The summed E-state index contributed by atoms with van der Waals surface area (Å²) in [4.78, 5) is 24.9. The normalized spacial score (nSPS) is 10.9. The molecular formula is C26H24N4O4. The highest BCUT2D eigenvalue weighted by Gasteiger charge is 2.18. The monoisotopic (exact) mass is 456 g/mol. The number of carbonyl (C=O) groups excluding carboxylic acids is 2. The molecule has 4 rings (SSSR count). The summed E-state index contributed by atoms with van der Waals surface area (Å²) in [6, 6.07) is 15.1. The molecule has 0 bridgehead atoms. The Balaban J connectivity index is 1.42. The average molecular weight is 457 g/mol. The fourth-order valence-corrected chi connectivity index (χ4v) is 3.84. The quantitative estimate of drug-likeness (QED) is 0.406. The van der Waals surface area contributed by atoms with Crippen molar-refractivity contribution in [2.75, 3.05) is 11.9 Å². The van der Waals surface area contributed by atoms with E-state index in [1.165, 1.54) is 16.4 Å². The van der Waals surface area contributed by atoms with E-state index in [1.54, 1.807) is 18.4 Å². The zero-order valence-electron chi connectivity index (χ0n) is 19.2. The van der Waals surface area contributed by atoms with Gasteiger partial charge in [0.2, 0.25) is 0 Å². The van der Waals surface area contributed by atoms with E-state index in [0.29, 0.717) is 22.8 Å². The number of benzene rings is 2. The molecule has 2 heterocycles. The number of hydrogen-bond acceptors (Lipinski definition) is 6. The molecule has 0 aliphatic carbocycles. The van der Waals surface area contributed by atoms with Gasteiger partial charge in [-0.05, 0) is 48.2 Å². The number of fused-ring (bicyclic) bond motifs is 1. The van der Waals surface area contributed by atoms with Gasteiger partial charge in [-0.15, -0.1) is 0 Å². The van der Waals surface area contributed by atoms with E-state index < -0.39 is 18.5 Å². The number of anilines is 1. The number of nitrogens with one attached hydrogen (secondary N) is 1. The van der Waals surface area contributed by atoms with E-state index in [0.717, 1.165) is 10.9 Å². The van der Waals surface area contributed by atoms with Crippen LogP contribution < -0.4 is 5.32 Å². The van der Waals surface area contributed by atoms with Crippen molar-refractivity contribution >= 4 is 28.7 Å². The van der Waals surface area contributed by atoms with Crippen LogP contribution in [0.1, 0.15) is 42.0 Å². The van der Waals surface area contributed by atoms with Crippen LogP contribution in [0.2, 0.25) is 0 Å². The van der Waals surface area contributed by atoms with Gasteiger partial charge in [-0.3, -0.25) is 9.59 Å². The molecule has 2 aromatic heterocycles. The number of nitriles is 1. The Bertz CT molecular complexity index is 1390. The number of furan rings is 1. The molecule has 0 atom stereocenters. The van der Waals surface area contributed by atoms with E-state index in [4.69, 9.17) is 9.15 Å². The van der Waals surface area contributed by atoms with Gasteiger partial charge >= 0.3 is 5.97 Å². The third-order valence-electron chi connectivity index (χ3n) is 5.51. The molecule has 0 saturated carbocycles. The first kappa shape index (κ1) is 22.8. The predicted molar refractivity (Wildman–Crippen MR) is 127 cm³/mol. The summed E-state index contributed by atoms with van der Waals surface area (Å²) in [5.74, 6) is -0.573. The lowest BCUT2D eigenvalue weighted by atomic mass is 9.95. The molecule has 0 saturated heterocycles. The highest BCUT2D eigenvalue weighted by molar-refractivity contribution is 5.94. The fourth-order valence-electron chi connectivity index (χ4n) is 3.84. The van der Waals surface area contributed by atoms with Gasteiger partial charge in [0.1, 0.15) is 17.2 Å². The smallest absolute Gasteiger partial charge is 0.310 e. The van der Waals surface area contributed by atoms with Crippen molar-refractivity contribution in [3.63, 3.8) is 0 Å². The van der Waals surface area contributed by atoms with Crippen molar-refractivity contribution in [1.82, 2.24) is 9.78 Å². The Hall–Kier alpha value is -4.38. The van der Waals surface area contributed by atoms with Gasteiger partial charge < -0.3 is 14.5 Å². The standard InChI is InChI=1S/C26H24N4O4/c1-16(2)21-11-22-18(14-33-23(22)9-17(21)3)10-25(32)34-15-24(31)29-26-19(12-27)13-28-30(26)20-7-5-4-6-8-20/h4-9,11,13-14,16H,10,15H2,1-3H3,(H,29,31). The topological polar surface area (TPSA) is 110 Å². The maximum absolute atomic E-state index is 12.5. The van der Waals surface area contributed by atoms with Gasteiger partial charge in [-0.2, -0.15) is 10.4 Å². The lowest BCUT2D eigenvalue weighted by Gasteiger charge is -2.10. The number of rotatable bonds is 7. The predicted octanol–water partition coefficient (Wildman–Crippen LogP) is 4.65. The molecule has 8 heteroatoms. The minimum absolute atomic E-state index is 0.0216. The number of carbonyl (C=O) groups is 2. The van der Waals surface area contributed by atoms with Gasteiger partial charge in [-0.25, -0.2) is 4.68 Å². The first-order valence-corrected chi connectivity index (χ1v) is 10.9. The second-order valence-corrected chi connectivity index (χ2v) is 8.27. The Labute approximate surface area is 196 Å². The van der Waals surface area contributed by atoms with Crippen molar-refractivity contribution < 1.29 is 18.7 Å². The van der Waals surface area contributed by atoms with Crippen LogP contribution in [0.3, 0.4) is 0 Å². The molecule has 0 aliphatic heterocycles. The van der Waals surface area contributed by atoms with E-state index >= 15 is 0 Å². The summed E-state index contributed by atoms with van der Waals surface area (Å²) >= 11 is 0. The molecule has 34 heavy (non-hydrogen) atoms. The number of amides is 1. The summed E-state index contributed by atoms with van der Waals surface area (Å²) in [6.45, 7) is 5.77. The molecule has 172 valence electrons. The summed E-state index contributed by atoms with van der Waals surface area (Å²) in [7, 11) is 0.